The van der Waals surface area contributed by atoms with Crippen molar-refractivity contribution in [3.8, 4) is 0 Å². The molecule has 0 aliphatic carbocycles. The van der Waals surface area contributed by atoms with Gasteiger partial charge in [0.15, 0.2) is 0 Å². The van der Waals surface area contributed by atoms with E-state index in [1.165, 1.54) is 36.7 Å². The van der Waals surface area contributed by atoms with Gasteiger partial charge in [0.05, 0.1) is 16.8 Å². The summed E-state index contributed by atoms with van der Waals surface area (Å²) in [7, 11) is 0. The van der Waals surface area contributed by atoms with Crippen molar-refractivity contribution in [3.63, 3.8) is 0 Å². The fourth-order valence-corrected chi connectivity index (χ4v) is 3.45. The molecule has 0 bridgehead atoms. The summed E-state index contributed by atoms with van der Waals surface area (Å²) in [4.78, 5) is 55.0. The summed E-state index contributed by atoms with van der Waals surface area (Å²) >= 11 is 0. The van der Waals surface area contributed by atoms with Crippen LogP contribution < -0.4 is 4.90 Å². The van der Waals surface area contributed by atoms with E-state index < -0.39 is 23.8 Å². The van der Waals surface area contributed by atoms with Gasteiger partial charge in [-0.1, -0.05) is 0 Å². The summed E-state index contributed by atoms with van der Waals surface area (Å²) in [6.45, 7) is 0. The van der Waals surface area contributed by atoms with E-state index in [0.29, 0.717) is 11.1 Å². The first-order valence-corrected chi connectivity index (χ1v) is 7.73. The van der Waals surface area contributed by atoms with Crippen molar-refractivity contribution in [2.45, 2.75) is 0 Å². The van der Waals surface area contributed by atoms with Gasteiger partial charge in [-0.05, 0) is 36.4 Å². The maximum atomic E-state index is 13.0. The van der Waals surface area contributed by atoms with Crippen LogP contribution in [0.3, 0.4) is 0 Å². The minimum Gasteiger partial charge on any atom is -0.386 e. The van der Waals surface area contributed by atoms with Crippen LogP contribution in [0.1, 0.15) is 41.4 Å². The second-order valence-corrected chi connectivity index (χ2v) is 5.90. The number of cyclic esters (lactones) is 2. The predicted octanol–water partition coefficient (Wildman–Crippen LogP) is 2.35. The molecule has 0 N–H and O–H groups in total. The third-order valence-electron chi connectivity index (χ3n) is 4.57. The normalized spacial score (nSPS) is 15.5. The van der Waals surface area contributed by atoms with Gasteiger partial charge in [-0.15, -0.1) is 0 Å². The van der Waals surface area contributed by atoms with Crippen molar-refractivity contribution in [1.29, 1.82) is 0 Å². The van der Waals surface area contributed by atoms with Crippen LogP contribution in [0.15, 0.2) is 48.8 Å². The topological polar surface area (TPSA) is 93.6 Å². The highest BCUT2D eigenvalue weighted by Crippen LogP contribution is 2.38. The van der Waals surface area contributed by atoms with E-state index in [2.05, 4.69) is 4.98 Å². The van der Waals surface area contributed by atoms with Crippen LogP contribution in [0.4, 0.5) is 5.69 Å². The van der Waals surface area contributed by atoms with Gasteiger partial charge in [0.1, 0.15) is 0 Å². The number of carbonyl (C=O) groups excluding carboxylic acids is 4. The first-order chi connectivity index (χ1) is 12.6. The van der Waals surface area contributed by atoms with E-state index in [-0.39, 0.29) is 27.6 Å². The molecule has 0 saturated heterocycles. The van der Waals surface area contributed by atoms with Crippen molar-refractivity contribution in [2.75, 3.05) is 4.90 Å². The number of imide groups is 1. The van der Waals surface area contributed by atoms with Gasteiger partial charge >= 0.3 is 11.9 Å². The van der Waals surface area contributed by atoms with Crippen LogP contribution in [0.5, 0.6) is 0 Å². The Bertz CT molecular complexity index is 1110. The molecule has 7 heteroatoms. The third-order valence-corrected chi connectivity index (χ3v) is 4.57. The van der Waals surface area contributed by atoms with Gasteiger partial charge in [-0.25, -0.2) is 14.5 Å². The van der Waals surface area contributed by atoms with Gasteiger partial charge in [-0.2, -0.15) is 0 Å². The lowest BCUT2D eigenvalue weighted by atomic mass is 9.87. The Morgan fingerprint density at radius 2 is 1.12 bits per heavy atom. The molecule has 0 saturated carbocycles. The average molecular weight is 344 g/mol. The van der Waals surface area contributed by atoms with Crippen LogP contribution in [0, 0.1) is 0 Å². The number of hydrogen-bond acceptors (Lipinski definition) is 6. The lowest BCUT2D eigenvalue weighted by molar-refractivity contribution is 0.0390. The summed E-state index contributed by atoms with van der Waals surface area (Å²) in [5.74, 6) is -2.63. The monoisotopic (exact) mass is 344 g/mol. The molecule has 0 unspecified atom stereocenters. The van der Waals surface area contributed by atoms with Gasteiger partial charge in [0.2, 0.25) is 0 Å². The number of ether oxygens (including phenoxy) is 1. The maximum Gasteiger partial charge on any atom is 0.346 e. The smallest absolute Gasteiger partial charge is 0.346 e. The van der Waals surface area contributed by atoms with Crippen LogP contribution in [-0.2, 0) is 4.74 Å². The molecule has 0 radical (unpaired) electrons. The molecule has 0 spiro atoms. The van der Waals surface area contributed by atoms with E-state index >= 15 is 0 Å². The van der Waals surface area contributed by atoms with Gasteiger partial charge in [-0.3, -0.25) is 14.6 Å². The standard InChI is InChI=1S/C19H8N2O5/c22-16-10-1-3-12-15-13(19(25)26-18(12)24)4-2-11(14(10)15)17(23)21(16)9-5-7-20-8-6-9/h1-8H. The number of rotatable bonds is 1. The maximum absolute atomic E-state index is 13.0. The molecule has 0 atom stereocenters. The van der Waals surface area contributed by atoms with Crippen molar-refractivity contribution >= 4 is 40.2 Å². The minimum atomic E-state index is -0.789. The molecule has 5 rings (SSSR count). The molecule has 2 aromatic carbocycles. The van der Waals surface area contributed by atoms with E-state index in [9.17, 15) is 19.2 Å². The molecular weight excluding hydrogens is 336 g/mol. The third kappa shape index (κ3) is 1.68. The zero-order valence-electron chi connectivity index (χ0n) is 13.1. The largest absolute Gasteiger partial charge is 0.386 e. The quantitative estimate of drug-likeness (QED) is 0.382. The Labute approximate surface area is 145 Å². The summed E-state index contributed by atoms with van der Waals surface area (Å²) in [5.41, 5.74) is 1.22. The number of esters is 2. The highest BCUT2D eigenvalue weighted by Gasteiger charge is 2.38. The lowest BCUT2D eigenvalue weighted by Crippen LogP contribution is -2.41. The summed E-state index contributed by atoms with van der Waals surface area (Å²) in [6, 6.07) is 8.96. The number of amides is 2. The zero-order valence-corrected chi connectivity index (χ0v) is 13.1. The molecule has 2 aliphatic rings. The van der Waals surface area contributed by atoms with Gasteiger partial charge in [0.25, 0.3) is 11.8 Å². The minimum absolute atomic E-state index is 0.165. The fraction of sp³-hybridized carbons (Fsp3) is 0. The van der Waals surface area contributed by atoms with Gasteiger partial charge < -0.3 is 4.74 Å². The molecule has 2 amide bonds. The SMILES string of the molecule is O=C1OC(=O)c2ccc3c4c(ccc1c24)C(=O)N(c1ccncc1)C3=O. The summed E-state index contributed by atoms with van der Waals surface area (Å²) < 4.78 is 4.71. The van der Waals surface area contributed by atoms with E-state index in [0.717, 1.165) is 4.90 Å². The lowest BCUT2D eigenvalue weighted by Gasteiger charge is -2.28. The Kier molecular flexibility index (Phi) is 2.68. The van der Waals surface area contributed by atoms with Gasteiger partial charge in [0, 0.05) is 34.3 Å². The highest BCUT2D eigenvalue weighted by molar-refractivity contribution is 6.38. The second kappa shape index (κ2) is 4.82. The molecule has 3 heterocycles. The molecule has 3 aromatic rings. The van der Waals surface area contributed by atoms with Crippen LogP contribution >= 0.6 is 0 Å². The van der Waals surface area contributed by atoms with E-state index in [1.807, 2.05) is 0 Å². The van der Waals surface area contributed by atoms with Crippen LogP contribution in [0.2, 0.25) is 0 Å². The first kappa shape index (κ1) is 14.5. The zero-order chi connectivity index (χ0) is 18.0. The fourth-order valence-electron chi connectivity index (χ4n) is 3.45. The molecular formula is C19H8N2O5. The number of pyridine rings is 1. The number of benzene rings is 2. The van der Waals surface area contributed by atoms with Crippen LogP contribution in [-0.4, -0.2) is 28.7 Å². The Balaban J connectivity index is 1.86. The second-order valence-electron chi connectivity index (χ2n) is 5.90. The Morgan fingerprint density at radius 1 is 0.654 bits per heavy atom. The molecule has 124 valence electrons. The molecule has 26 heavy (non-hydrogen) atoms. The summed E-state index contributed by atoms with van der Waals surface area (Å²) in [6.07, 6.45) is 2.97. The molecule has 0 fully saturated rings. The summed E-state index contributed by atoms with van der Waals surface area (Å²) in [5, 5.41) is 0.600. The Hall–Kier alpha value is -3.87. The number of hydrogen-bond donors (Lipinski definition) is 0. The molecule has 7 nitrogen and oxygen atoms in total. The van der Waals surface area contributed by atoms with E-state index in [1.54, 1.807) is 12.1 Å². The molecule has 2 aliphatic heterocycles. The highest BCUT2D eigenvalue weighted by atomic mass is 16.6. The van der Waals surface area contributed by atoms with Crippen molar-refractivity contribution < 1.29 is 23.9 Å². The van der Waals surface area contributed by atoms with Crippen molar-refractivity contribution in [3.05, 3.63) is 71.0 Å². The van der Waals surface area contributed by atoms with Crippen molar-refractivity contribution in [2.24, 2.45) is 0 Å². The van der Waals surface area contributed by atoms with Crippen LogP contribution in [0.25, 0.3) is 10.8 Å². The number of anilines is 1. The van der Waals surface area contributed by atoms with E-state index in [4.69, 9.17) is 4.74 Å². The average Bonchev–Trinajstić information content (AvgIpc) is 2.65. The predicted molar refractivity (Wildman–Crippen MR) is 89.1 cm³/mol. The number of carbonyl (C=O) groups is 4. The first-order valence-electron chi connectivity index (χ1n) is 7.73. The number of nitrogens with zero attached hydrogens (tertiary/aromatic N) is 2. The van der Waals surface area contributed by atoms with Crippen molar-refractivity contribution in [1.82, 2.24) is 4.98 Å². The Morgan fingerprint density at radius 3 is 1.65 bits per heavy atom. The number of aromatic nitrogens is 1. The molecule has 1 aromatic heterocycles.